The van der Waals surface area contributed by atoms with Crippen LogP contribution in [-0.4, -0.2) is 36.1 Å². The van der Waals surface area contributed by atoms with Crippen LogP contribution in [0.25, 0.3) is 0 Å². The van der Waals surface area contributed by atoms with Gasteiger partial charge < -0.3 is 15.2 Å². The molecule has 3 atom stereocenters. The molecule has 0 bridgehead atoms. The number of amides is 1. The highest BCUT2D eigenvalue weighted by molar-refractivity contribution is 6.92. The van der Waals surface area contributed by atoms with E-state index in [1.54, 1.807) is 6.08 Å². The summed E-state index contributed by atoms with van der Waals surface area (Å²) >= 11 is 0. The van der Waals surface area contributed by atoms with Gasteiger partial charge in [0.15, 0.2) is 0 Å². The summed E-state index contributed by atoms with van der Waals surface area (Å²) in [5.41, 5.74) is -0.590. The van der Waals surface area contributed by atoms with Gasteiger partial charge in [-0.2, -0.15) is 0 Å². The average Bonchev–Trinajstić information content (AvgIpc) is 2.58. The summed E-state index contributed by atoms with van der Waals surface area (Å²) in [5, 5.41) is 15.1. The fourth-order valence-corrected chi connectivity index (χ4v) is 6.81. The van der Waals surface area contributed by atoms with E-state index < -0.39 is 31.0 Å². The van der Waals surface area contributed by atoms with Gasteiger partial charge >= 0.3 is 6.09 Å². The molecule has 0 aliphatic heterocycles. The van der Waals surface area contributed by atoms with Crippen LogP contribution in [0.4, 0.5) is 4.79 Å². The van der Waals surface area contributed by atoms with Crippen LogP contribution in [0, 0.1) is 5.92 Å². The van der Waals surface area contributed by atoms with Crippen molar-refractivity contribution in [3.05, 3.63) is 43.0 Å². The first-order chi connectivity index (χ1) is 12.4. The second kappa shape index (κ2) is 9.07. The minimum Gasteiger partial charge on any atom is -0.444 e. The number of hydrogen-bond acceptors (Lipinski definition) is 3. The van der Waals surface area contributed by atoms with Crippen LogP contribution < -0.4 is 10.5 Å². The first-order valence-electron chi connectivity index (χ1n) is 9.77. The number of carbonyl (C=O) groups is 1. The Morgan fingerprint density at radius 2 is 1.85 bits per heavy atom. The van der Waals surface area contributed by atoms with Crippen LogP contribution in [0.1, 0.15) is 47.5 Å². The molecule has 1 aromatic rings. The van der Waals surface area contributed by atoms with Crippen molar-refractivity contribution in [3.8, 4) is 0 Å². The van der Waals surface area contributed by atoms with E-state index in [4.69, 9.17) is 4.74 Å². The van der Waals surface area contributed by atoms with Crippen molar-refractivity contribution in [1.82, 2.24) is 5.32 Å². The van der Waals surface area contributed by atoms with Crippen molar-refractivity contribution in [1.29, 1.82) is 0 Å². The number of aliphatic hydroxyl groups is 1. The molecular weight excluding hydrogens is 354 g/mol. The zero-order chi connectivity index (χ0) is 20.9. The second-order valence-electron chi connectivity index (χ2n) is 8.92. The molecule has 0 unspecified atom stereocenters. The average molecular weight is 392 g/mol. The third kappa shape index (κ3) is 5.69. The summed E-state index contributed by atoms with van der Waals surface area (Å²) in [6.45, 7) is 17.8. The van der Waals surface area contributed by atoms with Crippen LogP contribution in [0.3, 0.4) is 0 Å². The van der Waals surface area contributed by atoms with Gasteiger partial charge in [0.2, 0.25) is 0 Å². The maximum Gasteiger partial charge on any atom is 0.407 e. The molecule has 0 heterocycles. The summed E-state index contributed by atoms with van der Waals surface area (Å²) in [5.74, 6) is 0.0814. The van der Waals surface area contributed by atoms with Crippen molar-refractivity contribution in [2.75, 3.05) is 0 Å². The summed E-state index contributed by atoms with van der Waals surface area (Å²) in [7, 11) is -2.41. The van der Waals surface area contributed by atoms with Gasteiger partial charge in [-0.05, 0) is 33.1 Å². The molecule has 1 aromatic carbocycles. The van der Waals surface area contributed by atoms with Crippen molar-refractivity contribution in [3.63, 3.8) is 0 Å². The molecule has 4 nitrogen and oxygen atoms in total. The Bertz CT molecular complexity index is 624. The highest BCUT2D eigenvalue weighted by atomic mass is 28.3. The Hall–Kier alpha value is -1.59. The Kier molecular flexibility index (Phi) is 7.87. The number of hydrogen-bond donors (Lipinski definition) is 2. The molecule has 1 amide bonds. The normalized spacial score (nSPS) is 16.7. The maximum atomic E-state index is 12.5. The molecule has 0 saturated heterocycles. The lowest BCUT2D eigenvalue weighted by molar-refractivity contribution is 0.0220. The minimum atomic E-state index is -2.41. The van der Waals surface area contributed by atoms with Gasteiger partial charge in [-0.3, -0.25) is 0 Å². The van der Waals surface area contributed by atoms with Crippen molar-refractivity contribution >= 4 is 19.4 Å². The monoisotopic (exact) mass is 391 g/mol. The fourth-order valence-electron chi connectivity index (χ4n) is 3.50. The van der Waals surface area contributed by atoms with Gasteiger partial charge in [0.25, 0.3) is 0 Å². The van der Waals surface area contributed by atoms with Gasteiger partial charge in [-0.1, -0.05) is 75.0 Å². The molecule has 1 rings (SSSR count). The van der Waals surface area contributed by atoms with Gasteiger partial charge in [0, 0.05) is 0 Å². The van der Waals surface area contributed by atoms with Crippen molar-refractivity contribution in [2.45, 2.75) is 77.4 Å². The highest BCUT2D eigenvalue weighted by Gasteiger charge is 2.53. The number of nitrogens with one attached hydrogen (secondary N) is 1. The quantitative estimate of drug-likeness (QED) is 0.510. The minimum absolute atomic E-state index is 0.0814. The number of benzene rings is 1. The van der Waals surface area contributed by atoms with Gasteiger partial charge in [-0.15, -0.1) is 6.58 Å². The van der Waals surface area contributed by atoms with E-state index in [-0.39, 0.29) is 5.92 Å². The zero-order valence-corrected chi connectivity index (χ0v) is 19.0. The Morgan fingerprint density at radius 1 is 1.30 bits per heavy atom. The predicted molar refractivity (Wildman–Crippen MR) is 116 cm³/mol. The lowest BCUT2D eigenvalue weighted by Crippen LogP contribution is -2.72. The van der Waals surface area contributed by atoms with Crippen molar-refractivity contribution < 1.29 is 14.6 Å². The number of alkyl carbamates (subject to hydrolysis) is 1. The number of rotatable bonds is 8. The Labute approximate surface area is 166 Å². The van der Waals surface area contributed by atoms with E-state index in [1.165, 1.54) is 0 Å². The molecule has 0 aliphatic carbocycles. The van der Waals surface area contributed by atoms with E-state index in [9.17, 15) is 9.90 Å². The standard InChI is InChI=1S/C22H37NO3Si/c1-9-16-22(25,27(7,8)18-14-12-11-13-15-18)19(17(3)10-2)23-20(24)26-21(4,5)6/h9,11-15,17,19,25H,1,10,16H2,2-8H3,(H,23,24)/t17-,19-,22-/m0/s1. The Balaban J connectivity index is 3.37. The Morgan fingerprint density at radius 3 is 2.30 bits per heavy atom. The molecule has 0 aromatic heterocycles. The van der Waals surface area contributed by atoms with E-state index >= 15 is 0 Å². The molecule has 5 heteroatoms. The van der Waals surface area contributed by atoms with Crippen LogP contribution in [0.2, 0.25) is 13.1 Å². The molecule has 0 aliphatic rings. The van der Waals surface area contributed by atoms with E-state index in [0.717, 1.165) is 11.6 Å². The summed E-state index contributed by atoms with van der Waals surface area (Å²) in [6, 6.07) is 9.68. The predicted octanol–water partition coefficient (Wildman–Crippen LogP) is 4.39. The molecule has 0 spiro atoms. The maximum absolute atomic E-state index is 12.5. The molecule has 0 fully saturated rings. The van der Waals surface area contributed by atoms with Crippen LogP contribution >= 0.6 is 0 Å². The molecule has 152 valence electrons. The van der Waals surface area contributed by atoms with Crippen LogP contribution in [0.5, 0.6) is 0 Å². The third-order valence-electron chi connectivity index (χ3n) is 5.43. The summed E-state index contributed by atoms with van der Waals surface area (Å²) in [4.78, 5) is 12.5. The van der Waals surface area contributed by atoms with Crippen LogP contribution in [0.15, 0.2) is 43.0 Å². The first-order valence-corrected chi connectivity index (χ1v) is 12.8. The topological polar surface area (TPSA) is 58.6 Å². The highest BCUT2D eigenvalue weighted by Crippen LogP contribution is 2.33. The molecule has 2 N–H and O–H groups in total. The van der Waals surface area contributed by atoms with Gasteiger partial charge in [-0.25, -0.2) is 4.79 Å². The lowest BCUT2D eigenvalue weighted by Gasteiger charge is -2.48. The third-order valence-corrected chi connectivity index (χ3v) is 9.89. The largest absolute Gasteiger partial charge is 0.444 e. The first kappa shape index (κ1) is 23.4. The molecule has 27 heavy (non-hydrogen) atoms. The summed E-state index contributed by atoms with van der Waals surface area (Å²) in [6.07, 6.45) is 2.50. The molecule has 0 saturated carbocycles. The van der Waals surface area contributed by atoms with E-state index in [1.807, 2.05) is 39.0 Å². The van der Waals surface area contributed by atoms with Crippen molar-refractivity contribution in [2.24, 2.45) is 5.92 Å². The van der Waals surface area contributed by atoms with Gasteiger partial charge in [0.1, 0.15) is 13.7 Å². The van der Waals surface area contributed by atoms with Crippen LogP contribution in [-0.2, 0) is 4.74 Å². The number of carbonyl (C=O) groups excluding carboxylic acids is 1. The number of ether oxygens (including phenoxy) is 1. The molecule has 0 radical (unpaired) electrons. The smallest absolute Gasteiger partial charge is 0.407 e. The van der Waals surface area contributed by atoms with Gasteiger partial charge in [0.05, 0.1) is 11.3 Å². The summed E-state index contributed by atoms with van der Waals surface area (Å²) < 4.78 is 5.48. The zero-order valence-electron chi connectivity index (χ0n) is 18.0. The lowest BCUT2D eigenvalue weighted by atomic mass is 9.92. The van der Waals surface area contributed by atoms with E-state index in [2.05, 4.69) is 51.0 Å². The molecular formula is C22H37NO3Si. The second-order valence-corrected chi connectivity index (χ2v) is 13.6. The fraction of sp³-hybridized carbons (Fsp3) is 0.591. The van der Waals surface area contributed by atoms with E-state index in [0.29, 0.717) is 6.42 Å². The SMILES string of the molecule is C=CC[C@@](O)([C@@H](NC(=O)OC(C)(C)C)[C@@H](C)CC)[Si](C)(C)c1ccccc1.